The molecule has 34 heavy (non-hydrogen) atoms. The van der Waals surface area contributed by atoms with Crippen LogP contribution >= 0.6 is 39.0 Å². The van der Waals surface area contributed by atoms with Crippen LogP contribution in [0.2, 0.25) is 0 Å². The van der Waals surface area contributed by atoms with E-state index in [-0.39, 0.29) is 17.1 Å². The van der Waals surface area contributed by atoms with Gasteiger partial charge in [0.2, 0.25) is 0 Å². The minimum Gasteiger partial charge on any atom is -0.490 e. The first kappa shape index (κ1) is 26.2. The normalized spacial score (nSPS) is 11.6. The fourth-order valence-electron chi connectivity index (χ4n) is 2.78. The minimum atomic E-state index is -0.225. The highest BCUT2D eigenvalue weighted by molar-refractivity contribution is 9.10. The molecule has 0 fully saturated rings. The van der Waals surface area contributed by atoms with Gasteiger partial charge in [0.1, 0.15) is 29.7 Å². The van der Waals surface area contributed by atoms with Gasteiger partial charge in [0.05, 0.1) is 12.0 Å². The number of benzene rings is 2. The molecule has 0 unspecified atom stereocenters. The Hall–Kier alpha value is -2.43. The van der Waals surface area contributed by atoms with Gasteiger partial charge in [0, 0.05) is 10.0 Å². The maximum Gasteiger partial charge on any atom is 0.250 e. The number of amides is 1. The SMILES string of the molecule is Cc1nnc(SCC(=O)N/N=C/c2cc(Br)ccc2OCCOc2ccc(C(C)(C)C)cc2)s1. The number of rotatable bonds is 10. The van der Waals surface area contributed by atoms with E-state index >= 15 is 0 Å². The molecular formula is C24H27BrN4O3S2. The number of hydrogen-bond donors (Lipinski definition) is 1. The molecule has 0 saturated heterocycles. The van der Waals surface area contributed by atoms with Crippen LogP contribution in [0.5, 0.6) is 11.5 Å². The second-order valence-corrected chi connectivity index (χ2v) is 11.6. The van der Waals surface area contributed by atoms with Gasteiger partial charge in [-0.3, -0.25) is 4.79 Å². The Labute approximate surface area is 216 Å². The number of hydrogen-bond acceptors (Lipinski definition) is 8. The number of aryl methyl sites for hydroxylation is 1. The predicted octanol–water partition coefficient (Wildman–Crippen LogP) is 5.61. The van der Waals surface area contributed by atoms with Gasteiger partial charge in [-0.05, 0) is 48.2 Å². The minimum absolute atomic E-state index is 0.109. The van der Waals surface area contributed by atoms with Crippen LogP contribution in [-0.2, 0) is 10.2 Å². The number of ether oxygens (including phenoxy) is 2. The number of hydrazone groups is 1. The summed E-state index contributed by atoms with van der Waals surface area (Å²) in [4.78, 5) is 12.0. The topological polar surface area (TPSA) is 85.7 Å². The lowest BCUT2D eigenvalue weighted by atomic mass is 9.87. The molecule has 0 bridgehead atoms. The molecule has 1 aromatic heterocycles. The van der Waals surface area contributed by atoms with E-state index in [1.54, 1.807) is 6.21 Å². The van der Waals surface area contributed by atoms with Crippen molar-refractivity contribution in [2.75, 3.05) is 19.0 Å². The predicted molar refractivity (Wildman–Crippen MR) is 141 cm³/mol. The first-order valence-corrected chi connectivity index (χ1v) is 13.2. The van der Waals surface area contributed by atoms with Gasteiger partial charge < -0.3 is 9.47 Å². The largest absolute Gasteiger partial charge is 0.490 e. The number of nitrogens with zero attached hydrogens (tertiary/aromatic N) is 3. The van der Waals surface area contributed by atoms with Crippen LogP contribution in [0.3, 0.4) is 0 Å². The Kier molecular flexibility index (Phi) is 9.49. The summed E-state index contributed by atoms with van der Waals surface area (Å²) >= 11 is 6.24. The molecule has 2 aromatic carbocycles. The number of carbonyl (C=O) groups is 1. The van der Waals surface area contributed by atoms with Crippen molar-refractivity contribution in [1.82, 2.24) is 15.6 Å². The zero-order chi connectivity index (χ0) is 24.6. The van der Waals surface area contributed by atoms with E-state index in [2.05, 4.69) is 69.6 Å². The van der Waals surface area contributed by atoms with Crippen LogP contribution in [0, 0.1) is 6.92 Å². The van der Waals surface area contributed by atoms with Gasteiger partial charge in [-0.25, -0.2) is 5.43 Å². The molecule has 7 nitrogen and oxygen atoms in total. The average molecular weight is 564 g/mol. The number of carbonyl (C=O) groups excluding carboxylic acids is 1. The van der Waals surface area contributed by atoms with Gasteiger partial charge in [-0.2, -0.15) is 5.10 Å². The zero-order valence-corrected chi connectivity index (χ0v) is 22.7. The fourth-order valence-corrected chi connectivity index (χ4v) is 4.77. The Morgan fingerprint density at radius 3 is 2.56 bits per heavy atom. The van der Waals surface area contributed by atoms with E-state index in [0.29, 0.717) is 19.0 Å². The van der Waals surface area contributed by atoms with Crippen molar-refractivity contribution in [2.24, 2.45) is 5.10 Å². The number of halogens is 1. The molecule has 1 heterocycles. The summed E-state index contributed by atoms with van der Waals surface area (Å²) < 4.78 is 13.3. The Morgan fingerprint density at radius 1 is 1.15 bits per heavy atom. The van der Waals surface area contributed by atoms with Gasteiger partial charge in [-0.15, -0.1) is 10.2 Å². The lowest BCUT2D eigenvalue weighted by Gasteiger charge is -2.19. The van der Waals surface area contributed by atoms with E-state index in [1.165, 1.54) is 28.7 Å². The molecule has 0 radical (unpaired) electrons. The highest BCUT2D eigenvalue weighted by atomic mass is 79.9. The average Bonchev–Trinajstić information content (AvgIpc) is 3.21. The molecule has 0 aliphatic rings. The monoisotopic (exact) mass is 562 g/mol. The van der Waals surface area contributed by atoms with Gasteiger partial charge in [-0.1, -0.05) is 71.9 Å². The van der Waals surface area contributed by atoms with Crippen molar-refractivity contribution in [1.29, 1.82) is 0 Å². The quantitative estimate of drug-likeness (QED) is 0.150. The van der Waals surface area contributed by atoms with E-state index in [1.807, 2.05) is 37.3 Å². The third-order valence-corrected chi connectivity index (χ3v) is 6.99. The van der Waals surface area contributed by atoms with Gasteiger partial charge in [0.15, 0.2) is 4.34 Å². The second-order valence-electron chi connectivity index (χ2n) is 8.32. The lowest BCUT2D eigenvalue weighted by molar-refractivity contribution is -0.118. The molecule has 180 valence electrons. The summed E-state index contributed by atoms with van der Waals surface area (Å²) in [5.41, 5.74) is 4.63. The van der Waals surface area contributed by atoms with Crippen LogP contribution in [0.15, 0.2) is 56.4 Å². The van der Waals surface area contributed by atoms with Crippen LogP contribution in [0.4, 0.5) is 0 Å². The lowest BCUT2D eigenvalue weighted by Crippen LogP contribution is -2.19. The first-order chi connectivity index (χ1) is 16.2. The van der Waals surface area contributed by atoms with Crippen molar-refractivity contribution in [2.45, 2.75) is 37.4 Å². The summed E-state index contributed by atoms with van der Waals surface area (Å²) in [6.45, 7) is 9.19. The number of thioether (sulfide) groups is 1. The standard InChI is InChI=1S/C24H27BrN4O3S2/c1-16-27-29-23(34-16)33-15-22(30)28-26-14-17-13-19(25)7-10-21(17)32-12-11-31-20-8-5-18(6-9-20)24(2,3)4/h5-10,13-14H,11-12,15H2,1-4H3,(H,28,30)/b26-14+. The first-order valence-electron chi connectivity index (χ1n) is 10.6. The van der Waals surface area contributed by atoms with Crippen LogP contribution in [-0.4, -0.2) is 41.3 Å². The molecule has 0 aliphatic carbocycles. The Morgan fingerprint density at radius 2 is 1.88 bits per heavy atom. The van der Waals surface area contributed by atoms with E-state index in [4.69, 9.17) is 9.47 Å². The summed E-state index contributed by atoms with van der Waals surface area (Å²) in [6, 6.07) is 13.7. The fraction of sp³-hybridized carbons (Fsp3) is 0.333. The third-order valence-electron chi connectivity index (χ3n) is 4.53. The molecule has 0 spiro atoms. The van der Waals surface area contributed by atoms with Crippen molar-refractivity contribution in [3.63, 3.8) is 0 Å². The molecule has 0 atom stereocenters. The van der Waals surface area contributed by atoms with Gasteiger partial charge >= 0.3 is 0 Å². The molecule has 3 aromatic rings. The number of nitrogens with one attached hydrogen (secondary N) is 1. The second kappa shape index (κ2) is 12.3. The summed E-state index contributed by atoms with van der Waals surface area (Å²) in [5.74, 6) is 1.43. The summed E-state index contributed by atoms with van der Waals surface area (Å²) in [7, 11) is 0. The van der Waals surface area contributed by atoms with Crippen molar-refractivity contribution >= 4 is 51.2 Å². The van der Waals surface area contributed by atoms with Crippen molar-refractivity contribution < 1.29 is 14.3 Å². The smallest absolute Gasteiger partial charge is 0.250 e. The van der Waals surface area contributed by atoms with E-state index < -0.39 is 0 Å². The molecule has 1 amide bonds. The van der Waals surface area contributed by atoms with E-state index in [9.17, 15) is 4.79 Å². The highest BCUT2D eigenvalue weighted by Crippen LogP contribution is 2.25. The van der Waals surface area contributed by atoms with Crippen LogP contribution < -0.4 is 14.9 Å². The van der Waals surface area contributed by atoms with Crippen LogP contribution in [0.1, 0.15) is 36.9 Å². The molecule has 1 N–H and O–H groups in total. The third kappa shape index (κ3) is 8.41. The zero-order valence-electron chi connectivity index (χ0n) is 19.5. The molecule has 0 aliphatic heterocycles. The molecule has 0 saturated carbocycles. The summed E-state index contributed by atoms with van der Waals surface area (Å²) in [6.07, 6.45) is 1.56. The maximum absolute atomic E-state index is 12.0. The maximum atomic E-state index is 12.0. The molecular weight excluding hydrogens is 536 g/mol. The Bertz CT molecular complexity index is 1130. The highest BCUT2D eigenvalue weighted by Gasteiger charge is 2.13. The number of aromatic nitrogens is 2. The Balaban J connectivity index is 1.47. The van der Waals surface area contributed by atoms with Gasteiger partial charge in [0.25, 0.3) is 5.91 Å². The molecule has 3 rings (SSSR count). The van der Waals surface area contributed by atoms with Crippen molar-refractivity contribution in [3.8, 4) is 11.5 Å². The van der Waals surface area contributed by atoms with E-state index in [0.717, 1.165) is 25.1 Å². The molecule has 10 heteroatoms. The van der Waals surface area contributed by atoms with Crippen LogP contribution in [0.25, 0.3) is 0 Å². The van der Waals surface area contributed by atoms with Crippen molar-refractivity contribution in [3.05, 3.63) is 63.1 Å². The summed E-state index contributed by atoms with van der Waals surface area (Å²) in [5, 5.41) is 12.8.